The molecule has 0 amide bonds. The molecule has 0 bridgehead atoms. The minimum absolute atomic E-state index is 0.864. The smallest absolute Gasteiger partial charge is 0.0245 e. The van der Waals surface area contributed by atoms with Crippen LogP contribution in [0.25, 0.3) is 0 Å². The van der Waals surface area contributed by atoms with Crippen molar-refractivity contribution in [1.82, 2.24) is 10.2 Å². The second-order valence-electron chi connectivity index (χ2n) is 4.58. The van der Waals surface area contributed by atoms with E-state index in [0.717, 1.165) is 25.7 Å². The molecule has 16 heavy (non-hydrogen) atoms. The van der Waals surface area contributed by atoms with Gasteiger partial charge < -0.3 is 5.32 Å². The second-order valence-corrected chi connectivity index (χ2v) is 5.36. The summed E-state index contributed by atoms with van der Waals surface area (Å²) < 4.78 is 0. The summed E-state index contributed by atoms with van der Waals surface area (Å²) in [5, 5.41) is 7.94. The molecule has 2 rings (SSSR count). The lowest BCUT2D eigenvalue weighted by molar-refractivity contribution is 0.255. The maximum atomic E-state index is 3.49. The van der Waals surface area contributed by atoms with Gasteiger partial charge in [-0.05, 0) is 48.2 Å². The number of nitrogens with one attached hydrogen (secondary N) is 1. The maximum Gasteiger partial charge on any atom is 0.0245 e. The van der Waals surface area contributed by atoms with E-state index in [2.05, 4.69) is 34.0 Å². The third-order valence-electron chi connectivity index (χ3n) is 3.03. The van der Waals surface area contributed by atoms with Crippen LogP contribution in [-0.4, -0.2) is 30.6 Å². The van der Waals surface area contributed by atoms with Crippen molar-refractivity contribution in [2.45, 2.75) is 38.8 Å². The highest BCUT2D eigenvalue weighted by Crippen LogP contribution is 2.28. The van der Waals surface area contributed by atoms with Gasteiger partial charge in [-0.2, -0.15) is 11.3 Å². The third-order valence-corrected chi connectivity index (χ3v) is 3.76. The van der Waals surface area contributed by atoms with Gasteiger partial charge in [0.25, 0.3) is 0 Å². The first kappa shape index (κ1) is 12.1. The lowest BCUT2D eigenvalue weighted by Gasteiger charge is -2.21. The van der Waals surface area contributed by atoms with Crippen molar-refractivity contribution in [2.75, 3.05) is 19.6 Å². The average molecular weight is 238 g/mol. The van der Waals surface area contributed by atoms with Crippen molar-refractivity contribution in [3.05, 3.63) is 22.4 Å². The van der Waals surface area contributed by atoms with Crippen LogP contribution in [0.4, 0.5) is 0 Å². The fraction of sp³-hybridized carbons (Fsp3) is 0.692. The van der Waals surface area contributed by atoms with Crippen molar-refractivity contribution in [3.63, 3.8) is 0 Å². The van der Waals surface area contributed by atoms with Gasteiger partial charge in [-0.3, -0.25) is 4.90 Å². The Hall–Kier alpha value is -0.380. The molecule has 0 spiro atoms. The van der Waals surface area contributed by atoms with Crippen LogP contribution in [0.5, 0.6) is 0 Å². The molecule has 1 heterocycles. The Bertz CT molecular complexity index is 280. The molecule has 2 nitrogen and oxygen atoms in total. The van der Waals surface area contributed by atoms with E-state index in [1.807, 2.05) is 0 Å². The first-order valence-corrected chi connectivity index (χ1v) is 7.30. The molecule has 0 aliphatic heterocycles. The van der Waals surface area contributed by atoms with E-state index in [0.29, 0.717) is 0 Å². The Kier molecular flexibility index (Phi) is 4.82. The molecule has 0 radical (unpaired) electrons. The Balaban J connectivity index is 1.72. The zero-order valence-corrected chi connectivity index (χ0v) is 10.9. The Labute approximate surface area is 103 Å². The van der Waals surface area contributed by atoms with Gasteiger partial charge in [0.1, 0.15) is 0 Å². The Morgan fingerprint density at radius 2 is 2.31 bits per heavy atom. The first-order valence-electron chi connectivity index (χ1n) is 6.36. The number of thiophene rings is 1. The number of hydrogen-bond donors (Lipinski definition) is 1. The van der Waals surface area contributed by atoms with E-state index in [9.17, 15) is 0 Å². The van der Waals surface area contributed by atoms with Crippen molar-refractivity contribution < 1.29 is 0 Å². The second kappa shape index (κ2) is 6.38. The maximum absolute atomic E-state index is 3.49. The van der Waals surface area contributed by atoms with Gasteiger partial charge in [-0.15, -0.1) is 0 Å². The molecule has 90 valence electrons. The summed E-state index contributed by atoms with van der Waals surface area (Å²) in [6.07, 6.45) is 4.03. The summed E-state index contributed by atoms with van der Waals surface area (Å²) in [7, 11) is 0. The van der Waals surface area contributed by atoms with Gasteiger partial charge in [0.2, 0.25) is 0 Å². The third kappa shape index (κ3) is 3.89. The van der Waals surface area contributed by atoms with Crippen LogP contribution in [0.1, 0.15) is 31.7 Å². The fourth-order valence-corrected chi connectivity index (χ4v) is 2.63. The normalized spacial score (nSPS) is 15.9. The lowest BCUT2D eigenvalue weighted by atomic mass is 10.3. The molecule has 1 fully saturated rings. The van der Waals surface area contributed by atoms with Crippen LogP contribution in [0.15, 0.2) is 16.8 Å². The van der Waals surface area contributed by atoms with Crippen LogP contribution in [0.2, 0.25) is 0 Å². The zero-order valence-electron chi connectivity index (χ0n) is 10.1. The van der Waals surface area contributed by atoms with E-state index >= 15 is 0 Å². The summed E-state index contributed by atoms with van der Waals surface area (Å²) in [5.74, 6) is 0. The lowest BCUT2D eigenvalue weighted by Crippen LogP contribution is -2.33. The highest BCUT2D eigenvalue weighted by molar-refractivity contribution is 7.07. The van der Waals surface area contributed by atoms with E-state index in [1.165, 1.54) is 31.4 Å². The highest BCUT2D eigenvalue weighted by atomic mass is 32.1. The predicted octanol–water partition coefficient (Wildman–Crippen LogP) is 2.71. The summed E-state index contributed by atoms with van der Waals surface area (Å²) in [6, 6.07) is 3.11. The van der Waals surface area contributed by atoms with E-state index in [1.54, 1.807) is 11.3 Å². The molecule has 0 aromatic carbocycles. The predicted molar refractivity (Wildman–Crippen MR) is 70.9 cm³/mol. The molecule has 1 aromatic rings. The molecular formula is C13H22N2S. The standard InChI is InChI=1S/C13H22N2S/c1-2-6-14-7-8-15(13-3-4-13)10-12-5-9-16-11-12/h5,9,11,13-14H,2-4,6-8,10H2,1H3. The first-order chi connectivity index (χ1) is 7.90. The average Bonchev–Trinajstić information content (AvgIpc) is 3.02. The van der Waals surface area contributed by atoms with Gasteiger partial charge in [0.05, 0.1) is 0 Å². The summed E-state index contributed by atoms with van der Waals surface area (Å²) in [4.78, 5) is 2.63. The molecule has 0 saturated heterocycles. The molecule has 1 aliphatic carbocycles. The quantitative estimate of drug-likeness (QED) is 0.701. The van der Waals surface area contributed by atoms with Crippen molar-refractivity contribution in [3.8, 4) is 0 Å². The van der Waals surface area contributed by atoms with E-state index in [-0.39, 0.29) is 0 Å². The van der Waals surface area contributed by atoms with Crippen LogP contribution in [-0.2, 0) is 6.54 Å². The molecule has 0 atom stereocenters. The highest BCUT2D eigenvalue weighted by Gasteiger charge is 2.28. The topological polar surface area (TPSA) is 15.3 Å². The summed E-state index contributed by atoms with van der Waals surface area (Å²) in [6.45, 7) is 6.84. The van der Waals surface area contributed by atoms with Gasteiger partial charge >= 0.3 is 0 Å². The minimum atomic E-state index is 0.864. The molecular weight excluding hydrogens is 216 g/mol. The van der Waals surface area contributed by atoms with Crippen molar-refractivity contribution >= 4 is 11.3 Å². The Morgan fingerprint density at radius 3 is 2.94 bits per heavy atom. The van der Waals surface area contributed by atoms with Gasteiger partial charge in [0, 0.05) is 25.7 Å². The molecule has 0 unspecified atom stereocenters. The summed E-state index contributed by atoms with van der Waals surface area (Å²) in [5.41, 5.74) is 1.48. The molecule has 1 saturated carbocycles. The fourth-order valence-electron chi connectivity index (χ4n) is 1.97. The van der Waals surface area contributed by atoms with Crippen molar-refractivity contribution in [2.24, 2.45) is 0 Å². The number of nitrogens with zero attached hydrogens (tertiary/aromatic N) is 1. The molecule has 1 aromatic heterocycles. The zero-order chi connectivity index (χ0) is 11.2. The molecule has 1 N–H and O–H groups in total. The van der Waals surface area contributed by atoms with E-state index in [4.69, 9.17) is 0 Å². The monoisotopic (exact) mass is 238 g/mol. The number of hydrogen-bond acceptors (Lipinski definition) is 3. The van der Waals surface area contributed by atoms with Crippen LogP contribution in [0.3, 0.4) is 0 Å². The molecule has 3 heteroatoms. The molecule has 1 aliphatic rings. The number of rotatable bonds is 8. The van der Waals surface area contributed by atoms with E-state index < -0.39 is 0 Å². The van der Waals surface area contributed by atoms with Crippen LogP contribution >= 0.6 is 11.3 Å². The van der Waals surface area contributed by atoms with Gasteiger partial charge in [-0.25, -0.2) is 0 Å². The summed E-state index contributed by atoms with van der Waals surface area (Å²) >= 11 is 1.80. The van der Waals surface area contributed by atoms with Gasteiger partial charge in [-0.1, -0.05) is 6.92 Å². The van der Waals surface area contributed by atoms with Crippen molar-refractivity contribution in [1.29, 1.82) is 0 Å². The Morgan fingerprint density at radius 1 is 1.44 bits per heavy atom. The SMILES string of the molecule is CCCNCCN(Cc1ccsc1)C1CC1. The largest absolute Gasteiger partial charge is 0.315 e. The van der Waals surface area contributed by atoms with Crippen LogP contribution in [0, 0.1) is 0 Å². The van der Waals surface area contributed by atoms with Gasteiger partial charge in [0.15, 0.2) is 0 Å². The minimum Gasteiger partial charge on any atom is -0.315 e. The van der Waals surface area contributed by atoms with Crippen LogP contribution < -0.4 is 5.32 Å².